The lowest BCUT2D eigenvalue weighted by Gasteiger charge is -2.21. The van der Waals surface area contributed by atoms with Gasteiger partial charge in [0.1, 0.15) is 0 Å². The maximum atomic E-state index is 12.8. The molecule has 0 aromatic heterocycles. The van der Waals surface area contributed by atoms with Crippen LogP contribution >= 0.6 is 0 Å². The molecule has 20 heavy (non-hydrogen) atoms. The average Bonchev–Trinajstić information content (AvgIpc) is 2.44. The van der Waals surface area contributed by atoms with Gasteiger partial charge in [-0.3, -0.25) is 0 Å². The molecule has 0 aliphatic heterocycles. The molecular formula is C17H23F3. The first-order valence-electron chi connectivity index (χ1n) is 7.72. The Bertz CT molecular complexity index is 403. The monoisotopic (exact) mass is 284 g/mol. The molecule has 0 bridgehead atoms. The Morgan fingerprint density at radius 2 is 1.65 bits per heavy atom. The Hall–Kier alpha value is -0.990. The lowest BCUT2D eigenvalue weighted by atomic mass is 9.85. The highest BCUT2D eigenvalue weighted by molar-refractivity contribution is 5.29. The summed E-state index contributed by atoms with van der Waals surface area (Å²) in [5.41, 5.74) is -0.0127. The Morgan fingerprint density at radius 1 is 0.950 bits per heavy atom. The molecule has 0 saturated heterocycles. The maximum Gasteiger partial charge on any atom is 0.416 e. The summed E-state index contributed by atoms with van der Waals surface area (Å²) in [6.07, 6.45) is 6.09. The fourth-order valence-electron chi connectivity index (χ4n) is 3.24. The van der Waals surface area contributed by atoms with Crippen molar-refractivity contribution in [3.63, 3.8) is 0 Å². The van der Waals surface area contributed by atoms with Gasteiger partial charge in [0.25, 0.3) is 0 Å². The summed E-state index contributed by atoms with van der Waals surface area (Å²) in [5, 5.41) is 0. The zero-order valence-electron chi connectivity index (χ0n) is 11.9. The number of hydrogen-bond acceptors (Lipinski definition) is 0. The molecule has 2 rings (SSSR count). The van der Waals surface area contributed by atoms with E-state index in [0.29, 0.717) is 12.0 Å². The first-order valence-corrected chi connectivity index (χ1v) is 7.72. The number of rotatable bonds is 5. The van der Waals surface area contributed by atoms with Crippen molar-refractivity contribution < 1.29 is 13.2 Å². The van der Waals surface area contributed by atoms with E-state index in [-0.39, 0.29) is 0 Å². The molecule has 1 aliphatic rings. The van der Waals surface area contributed by atoms with E-state index in [1.807, 2.05) is 0 Å². The number of benzene rings is 1. The molecule has 0 atom stereocenters. The second-order valence-corrected chi connectivity index (χ2v) is 5.90. The summed E-state index contributed by atoms with van der Waals surface area (Å²) in [6.45, 7) is 0. The molecular weight excluding hydrogens is 261 g/mol. The molecule has 0 N–H and O–H groups in total. The van der Waals surface area contributed by atoms with E-state index < -0.39 is 11.7 Å². The van der Waals surface area contributed by atoms with Crippen LogP contribution in [0.2, 0.25) is 0 Å². The van der Waals surface area contributed by atoms with Crippen molar-refractivity contribution in [2.45, 2.75) is 64.0 Å². The van der Waals surface area contributed by atoms with Crippen molar-refractivity contribution in [2.24, 2.45) is 5.92 Å². The molecule has 1 aliphatic carbocycles. The Labute approximate surface area is 119 Å². The summed E-state index contributed by atoms with van der Waals surface area (Å²) < 4.78 is 38.5. The van der Waals surface area contributed by atoms with E-state index in [4.69, 9.17) is 0 Å². The maximum absolute atomic E-state index is 12.8. The van der Waals surface area contributed by atoms with Crippen molar-refractivity contribution in [3.8, 4) is 0 Å². The predicted molar refractivity (Wildman–Crippen MR) is 75.6 cm³/mol. The molecule has 1 aromatic rings. The van der Waals surface area contributed by atoms with Crippen molar-refractivity contribution in [1.29, 1.82) is 0 Å². The molecule has 112 valence electrons. The van der Waals surface area contributed by atoms with Crippen molar-refractivity contribution in [2.75, 3.05) is 0 Å². The average molecular weight is 284 g/mol. The second-order valence-electron chi connectivity index (χ2n) is 5.90. The third-order valence-electron chi connectivity index (χ3n) is 4.36. The minimum atomic E-state index is -4.22. The minimum Gasteiger partial charge on any atom is -0.166 e. The molecule has 0 unspecified atom stereocenters. The highest BCUT2D eigenvalue weighted by Gasteiger charge is 2.32. The fourth-order valence-corrected chi connectivity index (χ4v) is 3.24. The van der Waals surface area contributed by atoms with Crippen molar-refractivity contribution >= 4 is 0 Å². The largest absolute Gasteiger partial charge is 0.416 e. The Kier molecular flexibility index (Phi) is 5.50. The van der Waals surface area contributed by atoms with Crippen LogP contribution in [0.25, 0.3) is 0 Å². The number of aryl methyl sites for hydroxylation is 1. The van der Waals surface area contributed by atoms with Crippen LogP contribution in [0.15, 0.2) is 24.3 Å². The van der Waals surface area contributed by atoms with Gasteiger partial charge in [-0.05, 0) is 30.4 Å². The van der Waals surface area contributed by atoms with Gasteiger partial charge in [-0.25, -0.2) is 0 Å². The van der Waals surface area contributed by atoms with Gasteiger partial charge < -0.3 is 0 Å². The number of hydrogen-bond donors (Lipinski definition) is 0. The summed E-state index contributed by atoms with van der Waals surface area (Å²) in [4.78, 5) is 0. The molecule has 3 heteroatoms. The summed E-state index contributed by atoms with van der Waals surface area (Å²) in [7, 11) is 0. The van der Waals surface area contributed by atoms with Crippen LogP contribution in [0.3, 0.4) is 0 Å². The summed E-state index contributed by atoms with van der Waals surface area (Å²) >= 11 is 0. The van der Waals surface area contributed by atoms with E-state index in [0.717, 1.165) is 18.8 Å². The smallest absolute Gasteiger partial charge is 0.166 e. The summed E-state index contributed by atoms with van der Waals surface area (Å²) in [6, 6.07) is 5.97. The highest BCUT2D eigenvalue weighted by Crippen LogP contribution is 2.33. The highest BCUT2D eigenvalue weighted by atomic mass is 19.4. The lowest BCUT2D eigenvalue weighted by molar-refractivity contribution is -0.138. The molecule has 0 radical (unpaired) electrons. The Balaban J connectivity index is 1.79. The van der Waals surface area contributed by atoms with E-state index in [1.54, 1.807) is 12.1 Å². The SMILES string of the molecule is FC(F)(F)c1ccccc1CCCCC1CCCCC1. The molecule has 1 saturated carbocycles. The van der Waals surface area contributed by atoms with Gasteiger partial charge in [0.05, 0.1) is 5.56 Å². The quantitative estimate of drug-likeness (QED) is 0.582. The summed E-state index contributed by atoms with van der Waals surface area (Å²) in [5.74, 6) is 0.821. The normalized spacial score (nSPS) is 17.4. The molecule has 1 aromatic carbocycles. The van der Waals surface area contributed by atoms with Crippen LogP contribution in [0, 0.1) is 5.92 Å². The molecule has 0 spiro atoms. The van der Waals surface area contributed by atoms with Crippen LogP contribution in [0.1, 0.15) is 62.5 Å². The fraction of sp³-hybridized carbons (Fsp3) is 0.647. The van der Waals surface area contributed by atoms with E-state index in [9.17, 15) is 13.2 Å². The van der Waals surface area contributed by atoms with Crippen LogP contribution in [0.4, 0.5) is 13.2 Å². The number of halogens is 3. The Morgan fingerprint density at radius 3 is 2.35 bits per heavy atom. The first kappa shape index (κ1) is 15.4. The minimum absolute atomic E-state index is 0.448. The van der Waals surface area contributed by atoms with Crippen LogP contribution in [-0.2, 0) is 12.6 Å². The van der Waals surface area contributed by atoms with Gasteiger partial charge in [0.2, 0.25) is 0 Å². The lowest BCUT2D eigenvalue weighted by Crippen LogP contribution is -2.09. The van der Waals surface area contributed by atoms with E-state index >= 15 is 0 Å². The van der Waals surface area contributed by atoms with E-state index in [1.165, 1.54) is 50.7 Å². The van der Waals surface area contributed by atoms with Gasteiger partial charge in [0.15, 0.2) is 0 Å². The van der Waals surface area contributed by atoms with Gasteiger partial charge in [-0.15, -0.1) is 0 Å². The third-order valence-corrected chi connectivity index (χ3v) is 4.36. The van der Waals surface area contributed by atoms with Crippen LogP contribution in [0.5, 0.6) is 0 Å². The zero-order valence-corrected chi connectivity index (χ0v) is 11.9. The standard InChI is InChI=1S/C17H23F3/c18-17(19,20)16-13-7-6-12-15(16)11-5-4-10-14-8-2-1-3-9-14/h6-7,12-14H,1-5,8-11H2. The van der Waals surface area contributed by atoms with Crippen LogP contribution < -0.4 is 0 Å². The second kappa shape index (κ2) is 7.14. The number of alkyl halides is 3. The third kappa shape index (κ3) is 4.53. The zero-order chi connectivity index (χ0) is 14.4. The van der Waals surface area contributed by atoms with Gasteiger partial charge in [-0.2, -0.15) is 13.2 Å². The molecule has 1 fully saturated rings. The first-order chi connectivity index (χ1) is 9.57. The predicted octanol–water partition coefficient (Wildman–Crippen LogP) is 6.00. The van der Waals surface area contributed by atoms with Gasteiger partial charge >= 0.3 is 6.18 Å². The number of unbranched alkanes of at least 4 members (excludes halogenated alkanes) is 1. The van der Waals surface area contributed by atoms with Crippen molar-refractivity contribution in [3.05, 3.63) is 35.4 Å². The van der Waals surface area contributed by atoms with E-state index in [2.05, 4.69) is 0 Å². The van der Waals surface area contributed by atoms with Crippen molar-refractivity contribution in [1.82, 2.24) is 0 Å². The van der Waals surface area contributed by atoms with Gasteiger partial charge in [-0.1, -0.05) is 63.1 Å². The van der Waals surface area contributed by atoms with Gasteiger partial charge in [0, 0.05) is 0 Å². The molecule has 0 nitrogen and oxygen atoms in total. The molecule has 0 amide bonds. The van der Waals surface area contributed by atoms with Crippen LogP contribution in [-0.4, -0.2) is 0 Å². The molecule has 0 heterocycles. The topological polar surface area (TPSA) is 0 Å².